The van der Waals surface area contributed by atoms with E-state index in [-0.39, 0.29) is 11.4 Å². The van der Waals surface area contributed by atoms with Gasteiger partial charge in [0, 0.05) is 0 Å². The maximum atomic E-state index is 12.9. The van der Waals surface area contributed by atoms with Gasteiger partial charge < -0.3 is 4.74 Å². The van der Waals surface area contributed by atoms with Crippen molar-refractivity contribution in [3.8, 4) is 0 Å². The van der Waals surface area contributed by atoms with Crippen LogP contribution >= 0.6 is 0 Å². The highest BCUT2D eigenvalue weighted by atomic mass is 16.5. The zero-order chi connectivity index (χ0) is 25.9. The summed E-state index contributed by atoms with van der Waals surface area (Å²) in [6.45, 7) is 9.57. The zero-order valence-corrected chi connectivity index (χ0v) is 24.9. The van der Waals surface area contributed by atoms with Crippen molar-refractivity contribution in [1.82, 2.24) is 0 Å². The Bertz CT molecular complexity index is 433. The summed E-state index contributed by atoms with van der Waals surface area (Å²) in [5, 5.41) is 0. The molecule has 0 aromatic carbocycles. The van der Waals surface area contributed by atoms with Crippen molar-refractivity contribution in [2.45, 2.75) is 195 Å². The van der Waals surface area contributed by atoms with Crippen LogP contribution in [-0.2, 0) is 9.53 Å². The Labute approximate surface area is 222 Å². The second-order valence-electron chi connectivity index (χ2n) is 11.6. The maximum Gasteiger partial charge on any atom is 0.311 e. The number of carbonyl (C=O) groups is 1. The first-order valence-corrected chi connectivity index (χ1v) is 16.3. The van der Waals surface area contributed by atoms with Crippen LogP contribution in [0.5, 0.6) is 0 Å². The van der Waals surface area contributed by atoms with Crippen LogP contribution in [0.2, 0.25) is 0 Å². The number of ether oxygens (including phenoxy) is 1. The van der Waals surface area contributed by atoms with E-state index in [1.54, 1.807) is 0 Å². The van der Waals surface area contributed by atoms with E-state index in [0.29, 0.717) is 6.61 Å². The lowest BCUT2D eigenvalue weighted by Gasteiger charge is -2.27. The quantitative estimate of drug-likeness (QED) is 0.0798. The summed E-state index contributed by atoms with van der Waals surface area (Å²) < 4.78 is 5.79. The first-order valence-electron chi connectivity index (χ1n) is 16.3. The van der Waals surface area contributed by atoms with E-state index in [1.165, 1.54) is 135 Å². The fourth-order valence-electron chi connectivity index (χ4n) is 5.18. The van der Waals surface area contributed by atoms with Gasteiger partial charge in [0.05, 0.1) is 12.0 Å². The van der Waals surface area contributed by atoms with E-state index in [0.717, 1.165) is 32.1 Å². The van der Waals surface area contributed by atoms with Crippen LogP contribution < -0.4 is 0 Å². The summed E-state index contributed by atoms with van der Waals surface area (Å²) in [5.74, 6) is 0.0728. The minimum atomic E-state index is -0.270. The van der Waals surface area contributed by atoms with Crippen molar-refractivity contribution in [3.63, 3.8) is 0 Å². The topological polar surface area (TPSA) is 26.3 Å². The summed E-state index contributed by atoms with van der Waals surface area (Å²) in [7, 11) is 0. The fourth-order valence-corrected chi connectivity index (χ4v) is 5.18. The number of hydrogen-bond donors (Lipinski definition) is 0. The van der Waals surface area contributed by atoms with Gasteiger partial charge in [0.1, 0.15) is 0 Å². The van der Waals surface area contributed by atoms with Crippen molar-refractivity contribution in [1.29, 1.82) is 0 Å². The van der Waals surface area contributed by atoms with Crippen molar-refractivity contribution in [2.75, 3.05) is 6.61 Å². The molecule has 0 fully saturated rings. The van der Waals surface area contributed by atoms with Crippen LogP contribution in [0.15, 0.2) is 0 Å². The molecule has 0 bridgehead atoms. The van der Waals surface area contributed by atoms with E-state index in [4.69, 9.17) is 4.74 Å². The van der Waals surface area contributed by atoms with Gasteiger partial charge in [-0.05, 0) is 26.2 Å². The fraction of sp³-hybridized carbons (Fsp3) is 0.970. The standard InChI is InChI=1S/C33H66O2/c1-5-8-11-13-15-17-18-19-20-21-22-24-26-28-31-35-32(34)33(4,29-10-7-3)30-27-25-23-16-14-12-9-6-2/h5-31H2,1-4H3. The molecule has 0 aliphatic rings. The van der Waals surface area contributed by atoms with Gasteiger partial charge in [-0.1, -0.05) is 168 Å². The molecule has 0 N–H and O–H groups in total. The number of carbonyl (C=O) groups excluding carboxylic acids is 1. The lowest BCUT2D eigenvalue weighted by atomic mass is 9.80. The van der Waals surface area contributed by atoms with E-state index >= 15 is 0 Å². The summed E-state index contributed by atoms with van der Waals surface area (Å²) in [4.78, 5) is 12.9. The highest BCUT2D eigenvalue weighted by Gasteiger charge is 2.33. The van der Waals surface area contributed by atoms with E-state index in [1.807, 2.05) is 0 Å². The Balaban J connectivity index is 3.77. The molecule has 0 saturated carbocycles. The second-order valence-corrected chi connectivity index (χ2v) is 11.6. The van der Waals surface area contributed by atoms with Gasteiger partial charge in [0.25, 0.3) is 0 Å². The number of hydrogen-bond acceptors (Lipinski definition) is 2. The molecule has 0 aliphatic heterocycles. The predicted molar refractivity (Wildman–Crippen MR) is 156 cm³/mol. The zero-order valence-electron chi connectivity index (χ0n) is 24.9. The van der Waals surface area contributed by atoms with Crippen LogP contribution in [0.1, 0.15) is 195 Å². The molecule has 0 aromatic rings. The van der Waals surface area contributed by atoms with Crippen molar-refractivity contribution < 1.29 is 9.53 Å². The van der Waals surface area contributed by atoms with Gasteiger partial charge in [-0.2, -0.15) is 0 Å². The van der Waals surface area contributed by atoms with Gasteiger partial charge in [-0.3, -0.25) is 4.79 Å². The predicted octanol–water partition coefficient (Wildman–Crippen LogP) is 11.7. The highest BCUT2D eigenvalue weighted by Crippen LogP contribution is 2.33. The third kappa shape index (κ3) is 22.4. The highest BCUT2D eigenvalue weighted by molar-refractivity contribution is 5.76. The van der Waals surface area contributed by atoms with Gasteiger partial charge in [-0.25, -0.2) is 0 Å². The molecular formula is C33H66O2. The first-order chi connectivity index (χ1) is 17.1. The monoisotopic (exact) mass is 495 g/mol. The molecule has 0 saturated heterocycles. The van der Waals surface area contributed by atoms with Gasteiger partial charge >= 0.3 is 5.97 Å². The van der Waals surface area contributed by atoms with Crippen LogP contribution in [0, 0.1) is 5.41 Å². The Morgan fingerprint density at radius 3 is 1.17 bits per heavy atom. The molecule has 0 aromatic heterocycles. The summed E-state index contributed by atoms with van der Waals surface area (Å²) >= 11 is 0. The lowest BCUT2D eigenvalue weighted by Crippen LogP contribution is -2.30. The largest absolute Gasteiger partial charge is 0.465 e. The van der Waals surface area contributed by atoms with Crippen LogP contribution in [0.3, 0.4) is 0 Å². The third-order valence-corrected chi connectivity index (χ3v) is 7.89. The Kier molecular flexibility index (Phi) is 26.1. The summed E-state index contributed by atoms with van der Waals surface area (Å²) in [5.41, 5.74) is -0.270. The van der Waals surface area contributed by atoms with E-state index in [2.05, 4.69) is 27.7 Å². The average Bonchev–Trinajstić information content (AvgIpc) is 2.86. The Morgan fingerprint density at radius 2 is 0.771 bits per heavy atom. The molecular weight excluding hydrogens is 428 g/mol. The molecule has 2 nitrogen and oxygen atoms in total. The van der Waals surface area contributed by atoms with Gasteiger partial charge in [0.15, 0.2) is 0 Å². The smallest absolute Gasteiger partial charge is 0.311 e. The van der Waals surface area contributed by atoms with E-state index in [9.17, 15) is 4.79 Å². The SMILES string of the molecule is CCCCCCCCCCCCCCCCOC(=O)C(C)(CCCC)CCCCCCCCCC. The van der Waals surface area contributed by atoms with Crippen LogP contribution in [0.4, 0.5) is 0 Å². The van der Waals surface area contributed by atoms with E-state index < -0.39 is 0 Å². The van der Waals surface area contributed by atoms with Gasteiger partial charge in [0.2, 0.25) is 0 Å². The molecule has 35 heavy (non-hydrogen) atoms. The molecule has 1 unspecified atom stereocenters. The molecule has 0 amide bonds. The van der Waals surface area contributed by atoms with Crippen molar-refractivity contribution in [3.05, 3.63) is 0 Å². The third-order valence-electron chi connectivity index (χ3n) is 7.89. The Hall–Kier alpha value is -0.530. The number of rotatable bonds is 28. The number of unbranched alkanes of at least 4 members (excludes halogenated alkanes) is 21. The van der Waals surface area contributed by atoms with Crippen molar-refractivity contribution in [2.24, 2.45) is 5.41 Å². The Morgan fingerprint density at radius 1 is 0.457 bits per heavy atom. The van der Waals surface area contributed by atoms with Crippen LogP contribution in [-0.4, -0.2) is 12.6 Å². The minimum absolute atomic E-state index is 0.0728. The van der Waals surface area contributed by atoms with Crippen molar-refractivity contribution >= 4 is 5.97 Å². The lowest BCUT2D eigenvalue weighted by molar-refractivity contribution is -0.156. The minimum Gasteiger partial charge on any atom is -0.465 e. The maximum absolute atomic E-state index is 12.9. The molecule has 0 rings (SSSR count). The molecule has 0 spiro atoms. The molecule has 0 aliphatic carbocycles. The molecule has 0 heterocycles. The summed E-state index contributed by atoms with van der Waals surface area (Å²) in [6, 6.07) is 0. The molecule has 1 atom stereocenters. The van der Waals surface area contributed by atoms with Gasteiger partial charge in [-0.15, -0.1) is 0 Å². The molecule has 0 radical (unpaired) electrons. The molecule has 2 heteroatoms. The first kappa shape index (κ1) is 34.5. The summed E-state index contributed by atoms with van der Waals surface area (Å²) in [6.07, 6.45) is 33.8. The van der Waals surface area contributed by atoms with Crippen LogP contribution in [0.25, 0.3) is 0 Å². The second kappa shape index (κ2) is 26.5. The average molecular weight is 495 g/mol. The normalized spacial score (nSPS) is 13.1. The number of esters is 1. The molecule has 210 valence electrons.